The van der Waals surface area contributed by atoms with E-state index in [1.807, 2.05) is 13.1 Å². The summed E-state index contributed by atoms with van der Waals surface area (Å²) in [6, 6.07) is 1.95. The van der Waals surface area contributed by atoms with Crippen LogP contribution in [0.1, 0.15) is 32.2 Å². The lowest BCUT2D eigenvalue weighted by Gasteiger charge is -2.13. The van der Waals surface area contributed by atoms with Crippen LogP contribution in [0.15, 0.2) is 6.07 Å². The lowest BCUT2D eigenvalue weighted by molar-refractivity contribution is -0.479. The molecular formula is C10H17N3O2. The van der Waals surface area contributed by atoms with Crippen LogP contribution in [-0.2, 0) is 18.9 Å². The fourth-order valence-corrected chi connectivity index (χ4v) is 1.31. The first-order valence-electron chi connectivity index (χ1n) is 4.96. The van der Waals surface area contributed by atoms with Crippen molar-refractivity contribution in [1.29, 1.82) is 0 Å². The van der Waals surface area contributed by atoms with E-state index in [4.69, 9.17) is 0 Å². The van der Waals surface area contributed by atoms with Crippen molar-refractivity contribution in [3.05, 3.63) is 27.6 Å². The molecule has 15 heavy (non-hydrogen) atoms. The van der Waals surface area contributed by atoms with Gasteiger partial charge in [0.05, 0.1) is 12.1 Å². The van der Waals surface area contributed by atoms with Crippen LogP contribution >= 0.6 is 0 Å². The Hall–Kier alpha value is -1.39. The average Bonchev–Trinajstić information content (AvgIpc) is 2.42. The second kappa shape index (κ2) is 4.00. The van der Waals surface area contributed by atoms with Crippen molar-refractivity contribution in [3.63, 3.8) is 0 Å². The predicted octanol–water partition coefficient (Wildman–Crippen LogP) is 1.54. The SMILES string of the molecule is Cn1nc(C(C)(C)C)cc1CC[N+](=O)[O-]. The Balaban J connectivity index is 2.82. The summed E-state index contributed by atoms with van der Waals surface area (Å²) in [7, 11) is 1.82. The van der Waals surface area contributed by atoms with Gasteiger partial charge in [-0.1, -0.05) is 20.8 Å². The van der Waals surface area contributed by atoms with Crippen LogP contribution in [0.2, 0.25) is 0 Å². The monoisotopic (exact) mass is 211 g/mol. The summed E-state index contributed by atoms with van der Waals surface area (Å²) in [5.41, 5.74) is 1.88. The summed E-state index contributed by atoms with van der Waals surface area (Å²) >= 11 is 0. The fraction of sp³-hybridized carbons (Fsp3) is 0.700. The Morgan fingerprint density at radius 2 is 2.13 bits per heavy atom. The molecule has 1 heterocycles. The highest BCUT2D eigenvalue weighted by molar-refractivity contribution is 5.17. The van der Waals surface area contributed by atoms with E-state index in [9.17, 15) is 10.1 Å². The number of rotatable bonds is 3. The third-order valence-electron chi connectivity index (χ3n) is 2.30. The zero-order valence-corrected chi connectivity index (χ0v) is 9.65. The molecule has 0 aliphatic rings. The summed E-state index contributed by atoms with van der Waals surface area (Å²) in [5.74, 6) is 0. The van der Waals surface area contributed by atoms with Crippen molar-refractivity contribution in [3.8, 4) is 0 Å². The lowest BCUT2D eigenvalue weighted by atomic mass is 9.92. The van der Waals surface area contributed by atoms with E-state index in [-0.39, 0.29) is 16.9 Å². The number of hydrogen-bond acceptors (Lipinski definition) is 3. The molecule has 0 saturated heterocycles. The third-order valence-corrected chi connectivity index (χ3v) is 2.30. The largest absolute Gasteiger partial charge is 0.272 e. The standard InChI is InChI=1S/C10H17N3O2/c1-10(2,3)9-7-8(12(4)11-9)5-6-13(14)15/h7H,5-6H2,1-4H3. The van der Waals surface area contributed by atoms with E-state index in [1.54, 1.807) is 4.68 Å². The first-order valence-corrected chi connectivity index (χ1v) is 4.96. The van der Waals surface area contributed by atoms with Gasteiger partial charge < -0.3 is 0 Å². The summed E-state index contributed by atoms with van der Waals surface area (Å²) in [6.45, 7) is 6.19. The second-order valence-electron chi connectivity index (χ2n) is 4.70. The van der Waals surface area contributed by atoms with E-state index >= 15 is 0 Å². The van der Waals surface area contributed by atoms with E-state index in [0.29, 0.717) is 6.42 Å². The molecule has 0 aliphatic heterocycles. The number of aromatic nitrogens is 2. The van der Waals surface area contributed by atoms with Crippen molar-refractivity contribution in [1.82, 2.24) is 9.78 Å². The van der Waals surface area contributed by atoms with Crippen molar-refractivity contribution in [2.75, 3.05) is 6.54 Å². The van der Waals surface area contributed by atoms with Gasteiger partial charge in [-0.25, -0.2) is 0 Å². The smallest absolute Gasteiger partial charge is 0.209 e. The molecule has 0 N–H and O–H groups in total. The third kappa shape index (κ3) is 3.04. The van der Waals surface area contributed by atoms with Gasteiger partial charge in [0.2, 0.25) is 6.54 Å². The van der Waals surface area contributed by atoms with Gasteiger partial charge in [0.15, 0.2) is 0 Å². The molecule has 0 aromatic carbocycles. The number of hydrogen-bond donors (Lipinski definition) is 0. The molecule has 0 amide bonds. The Morgan fingerprint density at radius 3 is 2.53 bits per heavy atom. The Morgan fingerprint density at radius 1 is 1.53 bits per heavy atom. The molecule has 0 saturated carbocycles. The molecule has 0 bridgehead atoms. The van der Waals surface area contributed by atoms with Gasteiger partial charge in [0.1, 0.15) is 0 Å². The van der Waals surface area contributed by atoms with Gasteiger partial charge in [0.25, 0.3) is 0 Å². The summed E-state index contributed by atoms with van der Waals surface area (Å²) in [5, 5.41) is 14.6. The first kappa shape index (κ1) is 11.7. The maximum absolute atomic E-state index is 10.3. The van der Waals surface area contributed by atoms with Crippen LogP contribution in [0, 0.1) is 10.1 Å². The Labute approximate surface area is 89.2 Å². The molecule has 0 fully saturated rings. The van der Waals surface area contributed by atoms with Crippen LogP contribution in [0.25, 0.3) is 0 Å². The van der Waals surface area contributed by atoms with Crippen molar-refractivity contribution in [2.45, 2.75) is 32.6 Å². The number of aryl methyl sites for hydroxylation is 1. The van der Waals surface area contributed by atoms with Crippen molar-refractivity contribution >= 4 is 0 Å². The number of nitro groups is 1. The quantitative estimate of drug-likeness (QED) is 0.562. The zero-order chi connectivity index (χ0) is 11.6. The normalized spacial score (nSPS) is 11.7. The van der Waals surface area contributed by atoms with Crippen LogP contribution in [0.5, 0.6) is 0 Å². The molecule has 1 aromatic heterocycles. The lowest BCUT2D eigenvalue weighted by Crippen LogP contribution is -2.12. The molecular weight excluding hydrogens is 194 g/mol. The Kier molecular flexibility index (Phi) is 3.12. The highest BCUT2D eigenvalue weighted by atomic mass is 16.6. The maximum Gasteiger partial charge on any atom is 0.209 e. The molecule has 0 atom stereocenters. The molecule has 0 radical (unpaired) electrons. The van der Waals surface area contributed by atoms with Crippen molar-refractivity contribution < 1.29 is 4.92 Å². The minimum Gasteiger partial charge on any atom is -0.272 e. The average molecular weight is 211 g/mol. The molecule has 1 rings (SSSR count). The van der Waals surface area contributed by atoms with Crippen LogP contribution in [0.3, 0.4) is 0 Å². The fourth-order valence-electron chi connectivity index (χ4n) is 1.31. The van der Waals surface area contributed by atoms with Gasteiger partial charge in [-0.05, 0) is 6.07 Å². The molecule has 0 unspecified atom stereocenters. The molecule has 0 aliphatic carbocycles. The van der Waals surface area contributed by atoms with Gasteiger partial charge in [0, 0.05) is 23.1 Å². The molecule has 0 spiro atoms. The van der Waals surface area contributed by atoms with Crippen molar-refractivity contribution in [2.24, 2.45) is 7.05 Å². The first-order chi connectivity index (χ1) is 6.80. The van der Waals surface area contributed by atoms with Gasteiger partial charge in [-0.2, -0.15) is 5.10 Å². The van der Waals surface area contributed by atoms with Gasteiger partial charge >= 0.3 is 0 Å². The second-order valence-corrected chi connectivity index (χ2v) is 4.70. The summed E-state index contributed by atoms with van der Waals surface area (Å²) < 4.78 is 1.73. The predicted molar refractivity (Wildman–Crippen MR) is 57.5 cm³/mol. The molecule has 84 valence electrons. The summed E-state index contributed by atoms with van der Waals surface area (Å²) in [4.78, 5) is 9.96. The van der Waals surface area contributed by atoms with Crippen LogP contribution in [-0.4, -0.2) is 21.2 Å². The molecule has 1 aromatic rings. The van der Waals surface area contributed by atoms with E-state index in [2.05, 4.69) is 25.9 Å². The zero-order valence-electron chi connectivity index (χ0n) is 9.65. The van der Waals surface area contributed by atoms with E-state index in [0.717, 1.165) is 11.4 Å². The molecule has 5 heteroatoms. The summed E-state index contributed by atoms with van der Waals surface area (Å²) in [6.07, 6.45) is 0.437. The topological polar surface area (TPSA) is 61.0 Å². The van der Waals surface area contributed by atoms with Gasteiger partial charge in [-0.3, -0.25) is 14.8 Å². The van der Waals surface area contributed by atoms with E-state index in [1.165, 1.54) is 0 Å². The molecule has 5 nitrogen and oxygen atoms in total. The maximum atomic E-state index is 10.3. The minimum atomic E-state index is -0.302. The highest BCUT2D eigenvalue weighted by Gasteiger charge is 2.19. The number of nitrogens with zero attached hydrogens (tertiary/aromatic N) is 3. The highest BCUT2D eigenvalue weighted by Crippen LogP contribution is 2.21. The van der Waals surface area contributed by atoms with E-state index < -0.39 is 0 Å². The Bertz CT molecular complexity index is 363. The van der Waals surface area contributed by atoms with Crippen LogP contribution < -0.4 is 0 Å². The van der Waals surface area contributed by atoms with Gasteiger partial charge in [-0.15, -0.1) is 0 Å². The minimum absolute atomic E-state index is 0.00930. The van der Waals surface area contributed by atoms with Crippen LogP contribution in [0.4, 0.5) is 0 Å².